The van der Waals surface area contributed by atoms with Crippen LogP contribution in [0.3, 0.4) is 0 Å². The third-order valence-corrected chi connectivity index (χ3v) is 4.88. The average molecular weight is 380 g/mol. The van der Waals surface area contributed by atoms with Gasteiger partial charge in [0.25, 0.3) is 5.91 Å². The first-order chi connectivity index (χ1) is 13.8. The van der Waals surface area contributed by atoms with Crippen LogP contribution >= 0.6 is 0 Å². The summed E-state index contributed by atoms with van der Waals surface area (Å²) in [5.41, 5.74) is 3.13. The maximum Gasteiger partial charge on any atom is 0.255 e. The normalized spacial score (nSPS) is 16.4. The van der Waals surface area contributed by atoms with E-state index in [0.29, 0.717) is 36.9 Å². The molecule has 8 nitrogen and oxygen atoms in total. The van der Waals surface area contributed by atoms with Gasteiger partial charge in [0.2, 0.25) is 0 Å². The molecule has 2 N–H and O–H groups in total. The highest BCUT2D eigenvalue weighted by Gasteiger charge is 2.24. The Morgan fingerprint density at radius 1 is 1.32 bits per heavy atom. The first-order valence-electron chi connectivity index (χ1n) is 9.66. The second-order valence-corrected chi connectivity index (χ2v) is 6.71. The van der Waals surface area contributed by atoms with Crippen LogP contribution in [-0.4, -0.2) is 51.9 Å². The Kier molecular flexibility index (Phi) is 5.48. The SMILES string of the molecule is CCOc1ccccc1C(=O)NCCn1nc([C@@H]2CCNC2)c2nccnc21. The van der Waals surface area contributed by atoms with E-state index < -0.39 is 0 Å². The molecule has 0 bridgehead atoms. The van der Waals surface area contributed by atoms with Gasteiger partial charge < -0.3 is 15.4 Å². The zero-order valence-corrected chi connectivity index (χ0v) is 15.9. The molecule has 28 heavy (non-hydrogen) atoms. The minimum absolute atomic E-state index is 0.160. The van der Waals surface area contributed by atoms with Crippen molar-refractivity contribution >= 4 is 17.1 Å². The van der Waals surface area contributed by atoms with Crippen LogP contribution in [0.25, 0.3) is 11.2 Å². The molecule has 8 heteroatoms. The number of ether oxygens (including phenoxy) is 1. The van der Waals surface area contributed by atoms with E-state index in [9.17, 15) is 4.79 Å². The molecule has 1 amide bonds. The van der Waals surface area contributed by atoms with Crippen LogP contribution in [0, 0.1) is 0 Å². The number of aromatic nitrogens is 4. The lowest BCUT2D eigenvalue weighted by Gasteiger charge is -2.10. The van der Waals surface area contributed by atoms with Gasteiger partial charge in [0.15, 0.2) is 5.65 Å². The molecule has 1 fully saturated rings. The highest BCUT2D eigenvalue weighted by Crippen LogP contribution is 2.26. The van der Waals surface area contributed by atoms with Crippen molar-refractivity contribution in [3.8, 4) is 5.75 Å². The molecule has 146 valence electrons. The van der Waals surface area contributed by atoms with Gasteiger partial charge in [-0.1, -0.05) is 12.1 Å². The predicted molar refractivity (Wildman–Crippen MR) is 105 cm³/mol. The molecule has 0 unspecified atom stereocenters. The molecular weight excluding hydrogens is 356 g/mol. The second-order valence-electron chi connectivity index (χ2n) is 6.71. The Bertz CT molecular complexity index is 964. The summed E-state index contributed by atoms with van der Waals surface area (Å²) in [4.78, 5) is 21.5. The number of para-hydroxylation sites is 1. The number of carbonyl (C=O) groups excluding carboxylic acids is 1. The Morgan fingerprint density at radius 2 is 2.18 bits per heavy atom. The van der Waals surface area contributed by atoms with Crippen molar-refractivity contribution in [3.63, 3.8) is 0 Å². The molecule has 0 aliphatic carbocycles. The number of amides is 1. The van der Waals surface area contributed by atoms with Crippen LogP contribution in [0.2, 0.25) is 0 Å². The van der Waals surface area contributed by atoms with Gasteiger partial charge in [0.05, 0.1) is 24.4 Å². The number of rotatable bonds is 7. The van der Waals surface area contributed by atoms with Gasteiger partial charge in [0, 0.05) is 31.4 Å². The van der Waals surface area contributed by atoms with E-state index in [4.69, 9.17) is 9.84 Å². The lowest BCUT2D eigenvalue weighted by Crippen LogP contribution is -2.28. The zero-order valence-electron chi connectivity index (χ0n) is 15.9. The summed E-state index contributed by atoms with van der Waals surface area (Å²) in [5, 5.41) is 11.1. The van der Waals surface area contributed by atoms with Gasteiger partial charge in [-0.05, 0) is 32.0 Å². The van der Waals surface area contributed by atoms with Crippen molar-refractivity contribution in [2.45, 2.75) is 25.8 Å². The topological polar surface area (TPSA) is 94.0 Å². The second kappa shape index (κ2) is 8.35. The smallest absolute Gasteiger partial charge is 0.255 e. The molecule has 0 radical (unpaired) electrons. The van der Waals surface area contributed by atoms with E-state index in [1.807, 2.05) is 23.7 Å². The summed E-state index contributed by atoms with van der Waals surface area (Å²) in [5.74, 6) is 0.786. The summed E-state index contributed by atoms with van der Waals surface area (Å²) in [6, 6.07) is 7.25. The van der Waals surface area contributed by atoms with Crippen LogP contribution in [-0.2, 0) is 6.54 Å². The van der Waals surface area contributed by atoms with Gasteiger partial charge in [-0.25, -0.2) is 14.6 Å². The largest absolute Gasteiger partial charge is 0.493 e. The van der Waals surface area contributed by atoms with Crippen LogP contribution in [0.15, 0.2) is 36.7 Å². The zero-order chi connectivity index (χ0) is 19.3. The first-order valence-corrected chi connectivity index (χ1v) is 9.66. The monoisotopic (exact) mass is 380 g/mol. The minimum atomic E-state index is -0.160. The molecule has 1 aromatic carbocycles. The van der Waals surface area contributed by atoms with Gasteiger partial charge in [-0.15, -0.1) is 0 Å². The third-order valence-electron chi connectivity index (χ3n) is 4.88. The third kappa shape index (κ3) is 3.68. The fourth-order valence-electron chi connectivity index (χ4n) is 3.55. The molecule has 3 heterocycles. The summed E-state index contributed by atoms with van der Waals surface area (Å²) in [7, 11) is 0. The number of carbonyl (C=O) groups is 1. The van der Waals surface area contributed by atoms with Gasteiger partial charge >= 0.3 is 0 Å². The number of fused-ring (bicyclic) bond motifs is 1. The molecule has 1 saturated heterocycles. The molecule has 1 atom stereocenters. The summed E-state index contributed by atoms with van der Waals surface area (Å²) < 4.78 is 7.38. The van der Waals surface area contributed by atoms with Crippen molar-refractivity contribution in [2.75, 3.05) is 26.2 Å². The Hall–Kier alpha value is -3.00. The predicted octanol–water partition coefficient (Wildman–Crippen LogP) is 1.73. The minimum Gasteiger partial charge on any atom is -0.493 e. The molecule has 1 aliphatic rings. The van der Waals surface area contributed by atoms with Crippen LogP contribution in [0.4, 0.5) is 0 Å². The Balaban J connectivity index is 1.47. The van der Waals surface area contributed by atoms with E-state index >= 15 is 0 Å². The molecule has 2 aromatic heterocycles. The fourth-order valence-corrected chi connectivity index (χ4v) is 3.55. The Labute approximate surface area is 163 Å². The molecule has 0 saturated carbocycles. The molecule has 1 aliphatic heterocycles. The number of benzene rings is 1. The van der Waals surface area contributed by atoms with E-state index in [1.165, 1.54) is 0 Å². The average Bonchev–Trinajstić information content (AvgIpc) is 3.37. The van der Waals surface area contributed by atoms with Crippen LogP contribution < -0.4 is 15.4 Å². The van der Waals surface area contributed by atoms with Crippen LogP contribution in [0.5, 0.6) is 5.75 Å². The highest BCUT2D eigenvalue weighted by atomic mass is 16.5. The Morgan fingerprint density at radius 3 is 3.00 bits per heavy atom. The standard InChI is InChI=1S/C20H24N6O2/c1-2-28-16-6-4-3-5-15(16)20(27)24-11-12-26-19-18(22-9-10-23-19)17(25-26)14-7-8-21-13-14/h3-6,9-10,14,21H,2,7-8,11-13H2,1H3,(H,24,27)/t14-/m1/s1. The summed E-state index contributed by atoms with van der Waals surface area (Å²) >= 11 is 0. The van der Waals surface area contributed by atoms with Crippen molar-refractivity contribution < 1.29 is 9.53 Å². The number of nitrogens with one attached hydrogen (secondary N) is 2. The lowest BCUT2D eigenvalue weighted by atomic mass is 10.0. The maximum atomic E-state index is 12.6. The number of hydrogen-bond acceptors (Lipinski definition) is 6. The van der Waals surface area contributed by atoms with Gasteiger partial charge in [-0.2, -0.15) is 5.10 Å². The quantitative estimate of drug-likeness (QED) is 0.648. The molecule has 4 rings (SSSR count). The highest BCUT2D eigenvalue weighted by molar-refractivity contribution is 5.96. The van der Waals surface area contributed by atoms with Gasteiger partial charge in [-0.3, -0.25) is 4.79 Å². The van der Waals surface area contributed by atoms with Crippen molar-refractivity contribution in [1.82, 2.24) is 30.4 Å². The van der Waals surface area contributed by atoms with Gasteiger partial charge in [0.1, 0.15) is 11.3 Å². The lowest BCUT2D eigenvalue weighted by molar-refractivity contribution is 0.0948. The summed E-state index contributed by atoms with van der Waals surface area (Å²) in [6.45, 7) is 5.28. The van der Waals surface area contributed by atoms with E-state index in [1.54, 1.807) is 24.5 Å². The molecule has 3 aromatic rings. The van der Waals surface area contributed by atoms with E-state index in [-0.39, 0.29) is 5.91 Å². The summed E-state index contributed by atoms with van der Waals surface area (Å²) in [6.07, 6.45) is 4.43. The van der Waals surface area contributed by atoms with Crippen molar-refractivity contribution in [2.24, 2.45) is 0 Å². The first kappa shape index (κ1) is 18.4. The van der Waals surface area contributed by atoms with E-state index in [2.05, 4.69) is 20.6 Å². The molecule has 0 spiro atoms. The fraction of sp³-hybridized carbons (Fsp3) is 0.400. The van der Waals surface area contributed by atoms with Crippen molar-refractivity contribution in [3.05, 3.63) is 47.9 Å². The molecular formula is C20H24N6O2. The van der Waals surface area contributed by atoms with Crippen molar-refractivity contribution in [1.29, 1.82) is 0 Å². The number of hydrogen-bond donors (Lipinski definition) is 2. The van der Waals surface area contributed by atoms with Crippen LogP contribution in [0.1, 0.15) is 35.3 Å². The maximum absolute atomic E-state index is 12.6. The van der Waals surface area contributed by atoms with E-state index in [0.717, 1.165) is 36.4 Å². The number of nitrogens with zero attached hydrogens (tertiary/aromatic N) is 4.